The first-order valence-electron chi connectivity index (χ1n) is 7.77. The van der Waals surface area contributed by atoms with Gasteiger partial charge >= 0.3 is 0 Å². The Bertz CT molecular complexity index is 969. The Labute approximate surface area is 164 Å². The molecule has 0 saturated carbocycles. The van der Waals surface area contributed by atoms with Gasteiger partial charge in [0.1, 0.15) is 17.4 Å². The van der Waals surface area contributed by atoms with Crippen molar-refractivity contribution in [1.82, 2.24) is 0 Å². The molecule has 27 heavy (non-hydrogen) atoms. The molecule has 0 aliphatic heterocycles. The number of ether oxygens (including phenoxy) is 2. The normalized spacial score (nSPS) is 10.5. The number of Topliss-reactive ketones (excluding diaryl/α,β-unsaturated/α-hetero) is 1. The van der Waals surface area contributed by atoms with Crippen LogP contribution in [-0.4, -0.2) is 25.9 Å². The lowest BCUT2D eigenvalue weighted by Gasteiger charge is -2.10. The summed E-state index contributed by atoms with van der Waals surface area (Å²) in [5.41, 5.74) is 0.867. The summed E-state index contributed by atoms with van der Waals surface area (Å²) in [6.45, 7) is 2.89. The number of nitriles is 1. The number of anilines is 1. The molecule has 1 aromatic heterocycles. The number of nitrogens with zero attached hydrogens (tertiary/aromatic N) is 1. The van der Waals surface area contributed by atoms with Crippen molar-refractivity contribution < 1.29 is 23.5 Å². The molecule has 0 aliphatic rings. The summed E-state index contributed by atoms with van der Waals surface area (Å²) in [6.07, 6.45) is 2.84. The first-order chi connectivity index (χ1) is 12.8. The van der Waals surface area contributed by atoms with E-state index in [1.807, 2.05) is 6.07 Å². The highest BCUT2D eigenvalue weighted by molar-refractivity contribution is 9.10. The fourth-order valence-electron chi connectivity index (χ4n) is 2.52. The second kappa shape index (κ2) is 8.56. The van der Waals surface area contributed by atoms with Crippen LogP contribution in [0.25, 0.3) is 6.08 Å². The minimum Gasteiger partial charge on any atom is -0.493 e. The molecule has 2 aromatic rings. The van der Waals surface area contributed by atoms with Crippen LogP contribution in [0.2, 0.25) is 0 Å². The van der Waals surface area contributed by atoms with Gasteiger partial charge in [-0.2, -0.15) is 5.26 Å². The van der Waals surface area contributed by atoms with Crippen molar-refractivity contribution in [3.8, 4) is 17.6 Å². The highest BCUT2D eigenvalue weighted by Crippen LogP contribution is 2.36. The van der Waals surface area contributed by atoms with Gasteiger partial charge in [-0.25, -0.2) is 0 Å². The molecule has 1 amide bonds. The number of carbonyl (C=O) groups excluding carboxylic acids is 2. The number of furan rings is 1. The highest BCUT2D eigenvalue weighted by atomic mass is 79.9. The number of hydrogen-bond acceptors (Lipinski definition) is 6. The molecular weight excluding hydrogens is 416 g/mol. The third kappa shape index (κ3) is 4.38. The van der Waals surface area contributed by atoms with Crippen LogP contribution in [0.4, 0.5) is 5.88 Å². The van der Waals surface area contributed by atoms with Crippen LogP contribution in [0.5, 0.6) is 11.5 Å². The molecule has 0 saturated heterocycles. The van der Waals surface area contributed by atoms with E-state index in [9.17, 15) is 14.9 Å². The predicted molar refractivity (Wildman–Crippen MR) is 103 cm³/mol. The molecule has 0 fully saturated rings. The number of nitrogens with one attached hydrogen (secondary N) is 1. The number of aryl methyl sites for hydroxylation is 1. The largest absolute Gasteiger partial charge is 0.493 e. The van der Waals surface area contributed by atoms with E-state index >= 15 is 0 Å². The molecule has 0 bridgehead atoms. The minimum absolute atomic E-state index is 0.00983. The van der Waals surface area contributed by atoms with E-state index in [4.69, 9.17) is 13.9 Å². The number of halogens is 1. The SMILES string of the molecule is COc1cc(/C=C/C(=O)Nc2oc(C)c(C(C)=O)c2C#N)cc(Br)c1OC. The van der Waals surface area contributed by atoms with Gasteiger partial charge < -0.3 is 13.9 Å². The van der Waals surface area contributed by atoms with Crippen LogP contribution >= 0.6 is 15.9 Å². The van der Waals surface area contributed by atoms with E-state index in [0.29, 0.717) is 21.5 Å². The van der Waals surface area contributed by atoms with E-state index in [1.54, 1.807) is 25.1 Å². The van der Waals surface area contributed by atoms with Crippen molar-refractivity contribution >= 4 is 39.6 Å². The van der Waals surface area contributed by atoms with Gasteiger partial charge in [0.15, 0.2) is 17.3 Å². The Morgan fingerprint density at radius 1 is 1.30 bits per heavy atom. The van der Waals surface area contributed by atoms with Gasteiger partial charge in [0.2, 0.25) is 5.88 Å². The summed E-state index contributed by atoms with van der Waals surface area (Å²) in [6, 6.07) is 5.36. The lowest BCUT2D eigenvalue weighted by molar-refractivity contribution is -0.111. The van der Waals surface area contributed by atoms with Crippen molar-refractivity contribution in [2.24, 2.45) is 0 Å². The third-order valence-electron chi connectivity index (χ3n) is 3.67. The van der Waals surface area contributed by atoms with Crippen molar-refractivity contribution in [3.05, 3.63) is 45.1 Å². The number of carbonyl (C=O) groups is 2. The fraction of sp³-hybridized carbons (Fsp3) is 0.211. The van der Waals surface area contributed by atoms with E-state index in [2.05, 4.69) is 21.2 Å². The molecule has 0 unspecified atom stereocenters. The Kier molecular flexibility index (Phi) is 6.42. The zero-order valence-electron chi connectivity index (χ0n) is 15.2. The van der Waals surface area contributed by atoms with Crippen LogP contribution in [0.15, 0.2) is 27.1 Å². The highest BCUT2D eigenvalue weighted by Gasteiger charge is 2.21. The second-order valence-electron chi connectivity index (χ2n) is 5.47. The number of hydrogen-bond donors (Lipinski definition) is 1. The molecule has 0 aliphatic carbocycles. The maximum Gasteiger partial charge on any atom is 0.250 e. The average molecular weight is 433 g/mol. The average Bonchev–Trinajstić information content (AvgIpc) is 2.94. The van der Waals surface area contributed by atoms with Crippen molar-refractivity contribution in [2.75, 3.05) is 19.5 Å². The lowest BCUT2D eigenvalue weighted by atomic mass is 10.1. The monoisotopic (exact) mass is 432 g/mol. The van der Waals surface area contributed by atoms with Crippen molar-refractivity contribution in [3.63, 3.8) is 0 Å². The van der Waals surface area contributed by atoms with E-state index in [0.717, 1.165) is 0 Å². The van der Waals surface area contributed by atoms with E-state index in [1.165, 1.54) is 27.2 Å². The first kappa shape index (κ1) is 20.3. The zero-order chi connectivity index (χ0) is 20.1. The van der Waals surface area contributed by atoms with Crippen LogP contribution in [0, 0.1) is 18.3 Å². The maximum atomic E-state index is 12.2. The molecule has 1 N–H and O–H groups in total. The molecule has 1 aromatic carbocycles. The molecular formula is C19H17BrN2O5. The van der Waals surface area contributed by atoms with Gasteiger partial charge in [-0.1, -0.05) is 0 Å². The molecule has 0 radical (unpaired) electrons. The molecule has 140 valence electrons. The summed E-state index contributed by atoms with van der Waals surface area (Å²) < 4.78 is 16.5. The number of ketones is 1. The Morgan fingerprint density at radius 2 is 2.00 bits per heavy atom. The van der Waals surface area contributed by atoms with Gasteiger partial charge in [-0.05, 0) is 53.5 Å². The number of amides is 1. The quantitative estimate of drug-likeness (QED) is 0.544. The topological polar surface area (TPSA) is 102 Å². The van der Waals surface area contributed by atoms with Gasteiger partial charge in [-0.3, -0.25) is 14.9 Å². The second-order valence-corrected chi connectivity index (χ2v) is 6.32. The third-order valence-corrected chi connectivity index (χ3v) is 4.26. The standard InChI is InChI=1S/C19H17BrN2O5/c1-10(23)17-11(2)27-19(13(17)9-21)22-16(24)6-5-12-7-14(20)18(26-4)15(8-12)25-3/h5-8H,1-4H3,(H,22,24)/b6-5+. The summed E-state index contributed by atoms with van der Waals surface area (Å²) in [7, 11) is 3.04. The Balaban J connectivity index is 2.24. The maximum absolute atomic E-state index is 12.2. The minimum atomic E-state index is -0.513. The van der Waals surface area contributed by atoms with Crippen LogP contribution < -0.4 is 14.8 Å². The van der Waals surface area contributed by atoms with Crippen molar-refractivity contribution in [1.29, 1.82) is 5.26 Å². The predicted octanol–water partition coefficient (Wildman–Crippen LogP) is 4.09. The van der Waals surface area contributed by atoms with Crippen molar-refractivity contribution in [2.45, 2.75) is 13.8 Å². The smallest absolute Gasteiger partial charge is 0.250 e. The Hall–Kier alpha value is -3.05. The first-order valence-corrected chi connectivity index (χ1v) is 8.56. The molecule has 0 spiro atoms. The van der Waals surface area contributed by atoms with Crippen LogP contribution in [0.1, 0.15) is 34.2 Å². The Morgan fingerprint density at radius 3 is 2.56 bits per heavy atom. The zero-order valence-corrected chi connectivity index (χ0v) is 16.8. The number of methoxy groups -OCH3 is 2. The van der Waals surface area contributed by atoms with E-state index in [-0.39, 0.29) is 28.6 Å². The van der Waals surface area contributed by atoms with Crippen LogP contribution in [0.3, 0.4) is 0 Å². The molecule has 7 nitrogen and oxygen atoms in total. The number of rotatable bonds is 6. The summed E-state index contributed by atoms with van der Waals surface area (Å²) in [5.74, 6) is 0.456. The van der Waals surface area contributed by atoms with Crippen LogP contribution in [-0.2, 0) is 4.79 Å². The molecule has 1 heterocycles. The molecule has 0 atom stereocenters. The summed E-state index contributed by atoms with van der Waals surface area (Å²) in [5, 5.41) is 11.7. The van der Waals surface area contributed by atoms with E-state index < -0.39 is 5.91 Å². The summed E-state index contributed by atoms with van der Waals surface area (Å²) >= 11 is 3.38. The number of benzene rings is 1. The van der Waals surface area contributed by atoms with Gasteiger partial charge in [0.05, 0.1) is 24.3 Å². The lowest BCUT2D eigenvalue weighted by Crippen LogP contribution is -2.08. The fourth-order valence-corrected chi connectivity index (χ4v) is 3.14. The van der Waals surface area contributed by atoms with Gasteiger partial charge in [0, 0.05) is 6.08 Å². The van der Waals surface area contributed by atoms with Gasteiger partial charge in [-0.15, -0.1) is 0 Å². The molecule has 2 rings (SSSR count). The summed E-state index contributed by atoms with van der Waals surface area (Å²) in [4.78, 5) is 23.8. The van der Waals surface area contributed by atoms with Gasteiger partial charge in [0.25, 0.3) is 5.91 Å². The molecule has 8 heteroatoms.